The van der Waals surface area contributed by atoms with Crippen LogP contribution in [-0.4, -0.2) is 58.9 Å². The molecule has 1 aliphatic rings. The van der Waals surface area contributed by atoms with Crippen LogP contribution >= 0.6 is 11.6 Å². The van der Waals surface area contributed by atoms with Crippen LogP contribution in [0.2, 0.25) is 5.02 Å². The summed E-state index contributed by atoms with van der Waals surface area (Å²) in [7, 11) is 1.65. The van der Waals surface area contributed by atoms with Gasteiger partial charge in [-0.05, 0) is 25.0 Å². The number of benzene rings is 1. The highest BCUT2D eigenvalue weighted by Crippen LogP contribution is 2.22. The van der Waals surface area contributed by atoms with Crippen molar-refractivity contribution >= 4 is 17.7 Å². The first kappa shape index (κ1) is 17.8. The summed E-state index contributed by atoms with van der Waals surface area (Å²) in [5.74, 6) is 0.856. The van der Waals surface area contributed by atoms with Crippen molar-refractivity contribution in [3.8, 4) is 11.3 Å². The highest BCUT2D eigenvalue weighted by molar-refractivity contribution is 6.30. The lowest BCUT2D eigenvalue weighted by Gasteiger charge is -2.35. The Labute approximate surface area is 152 Å². The first-order chi connectivity index (χ1) is 12.0. The summed E-state index contributed by atoms with van der Waals surface area (Å²) in [6.45, 7) is 2.69. The predicted octanol–water partition coefficient (Wildman–Crippen LogP) is 3.61. The van der Waals surface area contributed by atoms with Crippen LogP contribution in [-0.2, 0) is 6.42 Å². The maximum absolute atomic E-state index is 11.0. The van der Waals surface area contributed by atoms with Gasteiger partial charge >= 0.3 is 6.09 Å². The van der Waals surface area contributed by atoms with Crippen LogP contribution in [0.25, 0.3) is 11.3 Å². The monoisotopic (exact) mass is 363 g/mol. The number of likely N-dealkylation sites (tertiary alicyclic amines) is 1. The summed E-state index contributed by atoms with van der Waals surface area (Å²) >= 11 is 5.90. The lowest BCUT2D eigenvalue weighted by molar-refractivity contribution is 0.105. The molecule has 2 heterocycles. The number of nitrogens with zero attached hydrogens (tertiary/aromatic N) is 3. The van der Waals surface area contributed by atoms with E-state index in [1.54, 1.807) is 7.05 Å². The van der Waals surface area contributed by atoms with Gasteiger partial charge in [-0.15, -0.1) is 0 Å². The van der Waals surface area contributed by atoms with E-state index < -0.39 is 6.09 Å². The van der Waals surface area contributed by atoms with E-state index in [4.69, 9.17) is 21.2 Å². The molecule has 134 valence electrons. The second-order valence-electron chi connectivity index (χ2n) is 6.40. The Hall–Kier alpha value is -2.05. The minimum absolute atomic E-state index is 0.121. The molecule has 1 aromatic carbocycles. The smallest absolute Gasteiger partial charge is 0.407 e. The van der Waals surface area contributed by atoms with Gasteiger partial charge in [-0.3, -0.25) is 0 Å². The molecule has 6 nitrogen and oxygen atoms in total. The normalized spacial score (nSPS) is 16.1. The number of aromatic nitrogens is 1. The van der Waals surface area contributed by atoms with Gasteiger partial charge in [0.05, 0.1) is 0 Å². The molecule has 1 N–H and O–H groups in total. The number of rotatable bonds is 5. The molecule has 1 saturated heterocycles. The van der Waals surface area contributed by atoms with E-state index >= 15 is 0 Å². The van der Waals surface area contributed by atoms with Crippen molar-refractivity contribution in [1.29, 1.82) is 0 Å². The largest absolute Gasteiger partial charge is 0.465 e. The number of carbonyl (C=O) groups is 1. The fourth-order valence-electron chi connectivity index (χ4n) is 3.14. The zero-order chi connectivity index (χ0) is 17.8. The summed E-state index contributed by atoms with van der Waals surface area (Å²) in [6, 6.07) is 9.61. The van der Waals surface area contributed by atoms with Gasteiger partial charge in [-0.1, -0.05) is 28.9 Å². The number of halogens is 1. The molecule has 0 radical (unpaired) electrons. The fourth-order valence-corrected chi connectivity index (χ4v) is 3.27. The van der Waals surface area contributed by atoms with Crippen LogP contribution in [0.3, 0.4) is 0 Å². The van der Waals surface area contributed by atoms with E-state index in [0.29, 0.717) is 5.02 Å². The van der Waals surface area contributed by atoms with E-state index in [2.05, 4.69) is 10.1 Å². The minimum Gasteiger partial charge on any atom is -0.465 e. The molecular weight excluding hydrogens is 342 g/mol. The number of amides is 1. The quantitative estimate of drug-likeness (QED) is 0.878. The van der Waals surface area contributed by atoms with Crippen LogP contribution in [0.4, 0.5) is 4.79 Å². The van der Waals surface area contributed by atoms with Crippen molar-refractivity contribution in [2.24, 2.45) is 0 Å². The standard InChI is InChI=1S/C18H22ClN3O3/c1-21(18(23)24)15-6-9-22(10-7-15)11-8-16-12-17(20-25-16)13-2-4-14(19)5-3-13/h2-5,12,15H,6-11H2,1H3,(H,23,24). The molecule has 0 spiro atoms. The van der Waals surface area contributed by atoms with Gasteiger partial charge in [0.1, 0.15) is 11.5 Å². The number of piperidine rings is 1. The molecular formula is C18H22ClN3O3. The topological polar surface area (TPSA) is 69.8 Å². The zero-order valence-corrected chi connectivity index (χ0v) is 14.9. The van der Waals surface area contributed by atoms with E-state index in [1.807, 2.05) is 30.3 Å². The fraction of sp³-hybridized carbons (Fsp3) is 0.444. The third-order valence-corrected chi connectivity index (χ3v) is 5.03. The number of hydrogen-bond acceptors (Lipinski definition) is 4. The second-order valence-corrected chi connectivity index (χ2v) is 6.84. The maximum Gasteiger partial charge on any atom is 0.407 e. The van der Waals surface area contributed by atoms with Crippen molar-refractivity contribution < 1.29 is 14.4 Å². The lowest BCUT2D eigenvalue weighted by atomic mass is 10.0. The predicted molar refractivity (Wildman–Crippen MR) is 95.9 cm³/mol. The third kappa shape index (κ3) is 4.52. The molecule has 7 heteroatoms. The lowest BCUT2D eigenvalue weighted by Crippen LogP contribution is -2.45. The average Bonchev–Trinajstić information content (AvgIpc) is 3.09. The first-order valence-electron chi connectivity index (χ1n) is 8.42. The Morgan fingerprint density at radius 2 is 2.04 bits per heavy atom. The van der Waals surface area contributed by atoms with Gasteiger partial charge in [0, 0.05) is 55.8 Å². The summed E-state index contributed by atoms with van der Waals surface area (Å²) in [4.78, 5) is 14.8. The average molecular weight is 364 g/mol. The Bertz CT molecular complexity index is 709. The molecule has 1 amide bonds. The summed E-state index contributed by atoms with van der Waals surface area (Å²) in [5.41, 5.74) is 1.80. The molecule has 2 aromatic rings. The molecule has 0 unspecified atom stereocenters. The van der Waals surface area contributed by atoms with Crippen LogP contribution < -0.4 is 0 Å². The highest BCUT2D eigenvalue weighted by atomic mass is 35.5. The molecule has 1 aliphatic heterocycles. The van der Waals surface area contributed by atoms with Crippen molar-refractivity contribution in [2.75, 3.05) is 26.7 Å². The second kappa shape index (κ2) is 7.89. The number of hydrogen-bond donors (Lipinski definition) is 1. The van der Waals surface area contributed by atoms with E-state index in [-0.39, 0.29) is 6.04 Å². The molecule has 0 bridgehead atoms. The Morgan fingerprint density at radius 1 is 1.36 bits per heavy atom. The third-order valence-electron chi connectivity index (χ3n) is 4.78. The maximum atomic E-state index is 11.0. The molecule has 25 heavy (non-hydrogen) atoms. The van der Waals surface area contributed by atoms with Gasteiger partial charge in [0.15, 0.2) is 0 Å². The number of carboxylic acid groups (broad SMARTS) is 1. The van der Waals surface area contributed by atoms with Crippen LogP contribution in [0, 0.1) is 0 Å². The van der Waals surface area contributed by atoms with Crippen molar-refractivity contribution in [1.82, 2.24) is 15.0 Å². The highest BCUT2D eigenvalue weighted by Gasteiger charge is 2.25. The molecule has 1 fully saturated rings. The Morgan fingerprint density at radius 3 is 2.68 bits per heavy atom. The molecule has 1 aromatic heterocycles. The van der Waals surface area contributed by atoms with Gasteiger partial charge < -0.3 is 19.4 Å². The van der Waals surface area contributed by atoms with E-state index in [9.17, 15) is 4.79 Å². The minimum atomic E-state index is -0.852. The Balaban J connectivity index is 1.49. The van der Waals surface area contributed by atoms with Crippen molar-refractivity contribution in [3.63, 3.8) is 0 Å². The summed E-state index contributed by atoms with van der Waals surface area (Å²) < 4.78 is 5.44. The molecule has 0 aliphatic carbocycles. The van der Waals surface area contributed by atoms with Gasteiger partial charge in [-0.25, -0.2) is 4.79 Å². The summed E-state index contributed by atoms with van der Waals surface area (Å²) in [6.07, 6.45) is 1.68. The van der Waals surface area contributed by atoms with Gasteiger partial charge in [0.25, 0.3) is 0 Å². The molecule has 0 atom stereocenters. The van der Waals surface area contributed by atoms with Crippen molar-refractivity contribution in [3.05, 3.63) is 41.1 Å². The van der Waals surface area contributed by atoms with Gasteiger partial charge in [0.2, 0.25) is 0 Å². The van der Waals surface area contributed by atoms with Crippen LogP contribution in [0.5, 0.6) is 0 Å². The van der Waals surface area contributed by atoms with E-state index in [0.717, 1.165) is 55.9 Å². The zero-order valence-electron chi connectivity index (χ0n) is 14.2. The SMILES string of the molecule is CN(C(=O)O)C1CCN(CCc2cc(-c3ccc(Cl)cc3)no2)CC1. The van der Waals surface area contributed by atoms with Crippen LogP contribution in [0.15, 0.2) is 34.9 Å². The Kier molecular flexibility index (Phi) is 5.60. The van der Waals surface area contributed by atoms with E-state index in [1.165, 1.54) is 4.90 Å². The molecule has 0 saturated carbocycles. The first-order valence-corrected chi connectivity index (χ1v) is 8.80. The summed E-state index contributed by atoms with van der Waals surface area (Å²) in [5, 5.41) is 13.9. The van der Waals surface area contributed by atoms with Crippen LogP contribution in [0.1, 0.15) is 18.6 Å². The van der Waals surface area contributed by atoms with Gasteiger partial charge in [-0.2, -0.15) is 0 Å². The molecule has 3 rings (SSSR count). The van der Waals surface area contributed by atoms with Crippen molar-refractivity contribution in [2.45, 2.75) is 25.3 Å².